The molecule has 3 aromatic rings. The molecule has 4 rings (SSSR count). The number of amides is 2. The van der Waals surface area contributed by atoms with Crippen molar-refractivity contribution < 1.29 is 14.3 Å². The van der Waals surface area contributed by atoms with Crippen molar-refractivity contribution >= 4 is 11.8 Å². The Kier molecular flexibility index (Phi) is 7.73. The van der Waals surface area contributed by atoms with E-state index in [0.29, 0.717) is 25.8 Å². The van der Waals surface area contributed by atoms with Gasteiger partial charge in [-0.2, -0.15) is 0 Å². The zero-order chi connectivity index (χ0) is 25.7. The summed E-state index contributed by atoms with van der Waals surface area (Å²) in [6.07, 6.45) is 4.73. The van der Waals surface area contributed by atoms with Crippen LogP contribution >= 0.6 is 0 Å². The molecule has 1 aliphatic rings. The Bertz CT molecular complexity index is 1170. The van der Waals surface area contributed by atoms with Crippen LogP contribution in [0.15, 0.2) is 73.1 Å². The maximum Gasteiger partial charge on any atom is 0.244 e. The Morgan fingerprint density at radius 1 is 1.00 bits per heavy atom. The molecule has 2 aromatic carbocycles. The molecule has 1 fully saturated rings. The van der Waals surface area contributed by atoms with E-state index < -0.39 is 6.17 Å². The van der Waals surface area contributed by atoms with Gasteiger partial charge in [-0.05, 0) is 58.7 Å². The number of rotatable bonds is 8. The Morgan fingerprint density at radius 2 is 1.72 bits per heavy atom. The van der Waals surface area contributed by atoms with Crippen LogP contribution in [0.4, 0.5) is 0 Å². The number of nitrogens with zero attached hydrogens (tertiary/aromatic N) is 3. The van der Waals surface area contributed by atoms with Crippen molar-refractivity contribution in [2.75, 3.05) is 20.2 Å². The molecule has 0 N–H and O–H groups in total. The summed E-state index contributed by atoms with van der Waals surface area (Å²) in [5, 5.41) is 0. The lowest BCUT2D eigenvalue weighted by molar-refractivity contribution is -0.133. The van der Waals surface area contributed by atoms with Gasteiger partial charge in [-0.3, -0.25) is 14.6 Å². The van der Waals surface area contributed by atoms with E-state index in [0.717, 1.165) is 22.4 Å². The van der Waals surface area contributed by atoms with Crippen molar-refractivity contribution in [1.29, 1.82) is 0 Å². The van der Waals surface area contributed by atoms with Crippen LogP contribution in [-0.4, -0.2) is 46.8 Å². The van der Waals surface area contributed by atoms with Crippen LogP contribution in [0.2, 0.25) is 0 Å². The SMILES string of the molecule is COc1ccc(CCN2C(=O)CN(C(=O)CCc3cccnc3)C2c2ccc(C(C)(C)C)cc2)cc1. The molecule has 0 spiro atoms. The number of aryl methyl sites for hydroxylation is 1. The third kappa shape index (κ3) is 5.93. The fourth-order valence-electron chi connectivity index (χ4n) is 4.60. The highest BCUT2D eigenvalue weighted by Crippen LogP contribution is 2.33. The van der Waals surface area contributed by atoms with Crippen molar-refractivity contribution in [3.8, 4) is 5.75 Å². The molecule has 2 heterocycles. The first kappa shape index (κ1) is 25.4. The number of carbonyl (C=O) groups is 2. The maximum absolute atomic E-state index is 13.4. The molecule has 36 heavy (non-hydrogen) atoms. The first-order valence-electron chi connectivity index (χ1n) is 12.5. The molecule has 6 nitrogen and oxygen atoms in total. The minimum atomic E-state index is -0.411. The van der Waals surface area contributed by atoms with Crippen LogP contribution in [0.5, 0.6) is 5.75 Å². The first-order chi connectivity index (χ1) is 17.3. The summed E-state index contributed by atoms with van der Waals surface area (Å²) >= 11 is 0. The fraction of sp³-hybridized carbons (Fsp3) is 0.367. The second kappa shape index (κ2) is 10.9. The number of hydrogen-bond acceptors (Lipinski definition) is 4. The maximum atomic E-state index is 13.4. The zero-order valence-corrected chi connectivity index (χ0v) is 21.6. The lowest BCUT2D eigenvalue weighted by Gasteiger charge is -2.31. The highest BCUT2D eigenvalue weighted by molar-refractivity contribution is 5.89. The van der Waals surface area contributed by atoms with Gasteiger partial charge in [0.05, 0.1) is 7.11 Å². The molecule has 1 saturated heterocycles. The Morgan fingerprint density at radius 3 is 2.33 bits per heavy atom. The topological polar surface area (TPSA) is 62.7 Å². The van der Waals surface area contributed by atoms with Gasteiger partial charge < -0.3 is 14.5 Å². The number of hydrogen-bond donors (Lipinski definition) is 0. The van der Waals surface area contributed by atoms with Crippen molar-refractivity contribution in [3.63, 3.8) is 0 Å². The quantitative estimate of drug-likeness (QED) is 0.454. The largest absolute Gasteiger partial charge is 0.497 e. The number of methoxy groups -OCH3 is 1. The van der Waals surface area contributed by atoms with E-state index in [1.165, 1.54) is 5.56 Å². The summed E-state index contributed by atoms with van der Waals surface area (Å²) in [5.41, 5.74) is 4.33. The molecule has 1 unspecified atom stereocenters. The molecule has 1 atom stereocenters. The monoisotopic (exact) mass is 485 g/mol. The number of carbonyl (C=O) groups excluding carboxylic acids is 2. The summed E-state index contributed by atoms with van der Waals surface area (Å²) < 4.78 is 5.26. The van der Waals surface area contributed by atoms with Gasteiger partial charge in [0.2, 0.25) is 11.8 Å². The van der Waals surface area contributed by atoms with E-state index in [-0.39, 0.29) is 23.8 Å². The van der Waals surface area contributed by atoms with Crippen molar-refractivity contribution in [2.24, 2.45) is 0 Å². The van der Waals surface area contributed by atoms with Gasteiger partial charge in [-0.25, -0.2) is 0 Å². The van der Waals surface area contributed by atoms with E-state index in [4.69, 9.17) is 4.74 Å². The minimum absolute atomic E-state index is 0.0240. The van der Waals surface area contributed by atoms with Crippen LogP contribution in [-0.2, 0) is 27.8 Å². The van der Waals surface area contributed by atoms with Gasteiger partial charge in [0.25, 0.3) is 0 Å². The minimum Gasteiger partial charge on any atom is -0.497 e. The molecule has 6 heteroatoms. The average Bonchev–Trinajstić information content (AvgIpc) is 3.22. The second-order valence-corrected chi connectivity index (χ2v) is 10.3. The highest BCUT2D eigenvalue weighted by Gasteiger charge is 2.40. The lowest BCUT2D eigenvalue weighted by Crippen LogP contribution is -2.36. The molecule has 0 saturated carbocycles. The fourth-order valence-corrected chi connectivity index (χ4v) is 4.60. The average molecular weight is 486 g/mol. The van der Waals surface area contributed by atoms with Crippen molar-refractivity contribution in [1.82, 2.24) is 14.8 Å². The van der Waals surface area contributed by atoms with E-state index in [9.17, 15) is 9.59 Å². The predicted octanol–water partition coefficient (Wildman–Crippen LogP) is 4.93. The number of ether oxygens (including phenoxy) is 1. The van der Waals surface area contributed by atoms with Crippen molar-refractivity contribution in [3.05, 3.63) is 95.3 Å². The molecular weight excluding hydrogens is 450 g/mol. The van der Waals surface area contributed by atoms with Crippen LogP contribution in [0.3, 0.4) is 0 Å². The van der Waals surface area contributed by atoms with Crippen LogP contribution in [0.1, 0.15) is 55.6 Å². The summed E-state index contributed by atoms with van der Waals surface area (Å²) in [4.78, 5) is 34.3. The lowest BCUT2D eigenvalue weighted by atomic mass is 9.86. The molecule has 1 aromatic heterocycles. The third-order valence-electron chi connectivity index (χ3n) is 6.76. The van der Waals surface area contributed by atoms with E-state index >= 15 is 0 Å². The second-order valence-electron chi connectivity index (χ2n) is 10.3. The predicted molar refractivity (Wildman–Crippen MR) is 141 cm³/mol. The molecule has 2 amide bonds. The van der Waals surface area contributed by atoms with Crippen LogP contribution < -0.4 is 4.74 Å². The smallest absolute Gasteiger partial charge is 0.244 e. The summed E-state index contributed by atoms with van der Waals surface area (Å²) in [6.45, 7) is 7.16. The summed E-state index contributed by atoms with van der Waals surface area (Å²) in [6, 6.07) is 20.1. The van der Waals surface area contributed by atoms with Gasteiger partial charge in [-0.15, -0.1) is 0 Å². The zero-order valence-electron chi connectivity index (χ0n) is 21.6. The highest BCUT2D eigenvalue weighted by atomic mass is 16.5. The normalized spacial score (nSPS) is 15.9. The Hall–Kier alpha value is -3.67. The van der Waals surface area contributed by atoms with Gasteiger partial charge in [-0.1, -0.05) is 63.2 Å². The number of aromatic nitrogens is 1. The van der Waals surface area contributed by atoms with Gasteiger partial charge >= 0.3 is 0 Å². The van der Waals surface area contributed by atoms with Gasteiger partial charge in [0.1, 0.15) is 18.5 Å². The van der Waals surface area contributed by atoms with Crippen molar-refractivity contribution in [2.45, 2.75) is 51.6 Å². The molecule has 188 valence electrons. The summed E-state index contributed by atoms with van der Waals surface area (Å²) in [5.74, 6) is 0.755. The van der Waals surface area contributed by atoms with E-state index in [1.54, 1.807) is 24.4 Å². The third-order valence-corrected chi connectivity index (χ3v) is 6.76. The van der Waals surface area contributed by atoms with Gasteiger partial charge in [0.15, 0.2) is 0 Å². The molecular formula is C30H35N3O3. The Labute approximate surface area is 213 Å². The van der Waals surface area contributed by atoms with E-state index in [1.807, 2.05) is 41.3 Å². The molecule has 0 radical (unpaired) electrons. The summed E-state index contributed by atoms with van der Waals surface area (Å²) in [7, 11) is 1.65. The van der Waals surface area contributed by atoms with Crippen LogP contribution in [0, 0.1) is 0 Å². The van der Waals surface area contributed by atoms with Gasteiger partial charge in [0, 0.05) is 25.4 Å². The van der Waals surface area contributed by atoms with Crippen LogP contribution in [0.25, 0.3) is 0 Å². The number of pyridine rings is 1. The first-order valence-corrected chi connectivity index (χ1v) is 12.5. The molecule has 0 aliphatic carbocycles. The molecule has 1 aliphatic heterocycles. The molecule has 0 bridgehead atoms. The Balaban J connectivity index is 1.56. The number of benzene rings is 2. The van der Waals surface area contributed by atoms with E-state index in [2.05, 4.69) is 50.0 Å². The standard InChI is InChI=1S/C30H35N3O3/c1-30(2,3)25-12-10-24(11-13-25)29-32(19-17-22-7-14-26(36-4)15-8-22)28(35)21-33(29)27(34)16-9-23-6-5-18-31-20-23/h5-8,10-15,18,20,29H,9,16-17,19,21H2,1-4H3.